The van der Waals surface area contributed by atoms with Crippen LogP contribution in [0.1, 0.15) is 34.3 Å². The Balaban J connectivity index is 1.27. The van der Waals surface area contributed by atoms with Crippen LogP contribution in [0.25, 0.3) is 0 Å². The molecular formula is C23H25N3O4. The number of ether oxygens (including phenoxy) is 2. The molecule has 0 spiro atoms. The van der Waals surface area contributed by atoms with Gasteiger partial charge < -0.3 is 24.3 Å². The van der Waals surface area contributed by atoms with Crippen LogP contribution in [0.2, 0.25) is 0 Å². The second-order valence-electron chi connectivity index (χ2n) is 8.99. The van der Waals surface area contributed by atoms with Gasteiger partial charge in [-0.25, -0.2) is 0 Å². The lowest BCUT2D eigenvalue weighted by atomic mass is 9.82. The van der Waals surface area contributed by atoms with Crippen LogP contribution in [-0.2, 0) is 6.54 Å². The van der Waals surface area contributed by atoms with Crippen molar-refractivity contribution in [1.29, 1.82) is 0 Å². The lowest BCUT2D eigenvalue weighted by Crippen LogP contribution is -2.39. The predicted molar refractivity (Wildman–Crippen MR) is 110 cm³/mol. The normalized spacial score (nSPS) is 28.2. The van der Waals surface area contributed by atoms with Crippen molar-refractivity contribution >= 4 is 5.91 Å². The molecule has 4 atom stereocenters. The second-order valence-corrected chi connectivity index (χ2v) is 8.99. The van der Waals surface area contributed by atoms with Crippen molar-refractivity contribution in [3.05, 3.63) is 57.5 Å². The van der Waals surface area contributed by atoms with Gasteiger partial charge >= 0.3 is 0 Å². The Bertz CT molecular complexity index is 1080. The molecule has 0 radical (unpaired) electrons. The Kier molecular flexibility index (Phi) is 3.96. The Labute approximate surface area is 174 Å². The van der Waals surface area contributed by atoms with Crippen molar-refractivity contribution in [3.63, 3.8) is 0 Å². The van der Waals surface area contributed by atoms with Crippen LogP contribution in [0, 0.1) is 18.8 Å². The average Bonchev–Trinajstić information content (AvgIpc) is 3.51. The van der Waals surface area contributed by atoms with Gasteiger partial charge in [0, 0.05) is 31.4 Å². The fourth-order valence-electron chi connectivity index (χ4n) is 5.79. The standard InChI is InChI=1S/C23H25N3O4/c1-13-6-7-25(9-14-2-5-19-20(8-14)30-12-29-19)22(27)21(13)23(28)26-10-15-16(11-26)18-4-3-17(15)24-18/h2,5-8,15-18,24H,3-4,9-12H2,1H3/t15-,16+,17-,18+. The van der Waals surface area contributed by atoms with E-state index in [2.05, 4.69) is 5.32 Å². The van der Waals surface area contributed by atoms with E-state index in [-0.39, 0.29) is 18.3 Å². The third-order valence-electron chi connectivity index (χ3n) is 7.33. The number of rotatable bonds is 3. The lowest BCUT2D eigenvalue weighted by molar-refractivity contribution is 0.0775. The number of aryl methyl sites for hydroxylation is 1. The van der Waals surface area contributed by atoms with Crippen LogP contribution < -0.4 is 20.3 Å². The number of carbonyl (C=O) groups is 1. The Hall–Kier alpha value is -2.80. The Morgan fingerprint density at radius 2 is 1.83 bits per heavy atom. The molecule has 156 valence electrons. The monoisotopic (exact) mass is 407 g/mol. The van der Waals surface area contributed by atoms with Crippen LogP contribution in [0.15, 0.2) is 35.3 Å². The highest BCUT2D eigenvalue weighted by atomic mass is 16.7. The quantitative estimate of drug-likeness (QED) is 0.840. The largest absolute Gasteiger partial charge is 0.454 e. The molecule has 4 aliphatic heterocycles. The molecule has 5 heterocycles. The maximum absolute atomic E-state index is 13.4. The van der Waals surface area contributed by atoms with Crippen LogP contribution in [0.4, 0.5) is 0 Å². The van der Waals surface area contributed by atoms with E-state index in [1.54, 1.807) is 10.8 Å². The molecule has 3 fully saturated rings. The van der Waals surface area contributed by atoms with Gasteiger partial charge in [-0.15, -0.1) is 0 Å². The first-order valence-electron chi connectivity index (χ1n) is 10.7. The number of carbonyl (C=O) groups excluding carboxylic acids is 1. The number of nitrogens with one attached hydrogen (secondary N) is 1. The molecule has 6 rings (SSSR count). The van der Waals surface area contributed by atoms with Gasteiger partial charge in [0.1, 0.15) is 5.56 Å². The first kappa shape index (κ1) is 18.0. The van der Waals surface area contributed by atoms with Gasteiger partial charge in [-0.1, -0.05) is 6.07 Å². The van der Waals surface area contributed by atoms with Crippen LogP contribution in [0.3, 0.4) is 0 Å². The number of amides is 1. The van der Waals surface area contributed by atoms with Gasteiger partial charge in [0.15, 0.2) is 11.5 Å². The number of hydrogen-bond acceptors (Lipinski definition) is 5. The molecule has 1 N–H and O–H groups in total. The molecule has 0 saturated carbocycles. The van der Waals surface area contributed by atoms with Crippen molar-refractivity contribution in [2.24, 2.45) is 11.8 Å². The highest BCUT2D eigenvalue weighted by molar-refractivity contribution is 5.95. The molecule has 1 aromatic heterocycles. The van der Waals surface area contributed by atoms with E-state index < -0.39 is 0 Å². The van der Waals surface area contributed by atoms with Crippen molar-refractivity contribution in [2.45, 2.75) is 38.4 Å². The number of hydrogen-bond donors (Lipinski definition) is 1. The molecule has 0 aliphatic carbocycles. The summed E-state index contributed by atoms with van der Waals surface area (Å²) < 4.78 is 12.4. The third-order valence-corrected chi connectivity index (χ3v) is 7.33. The van der Waals surface area contributed by atoms with E-state index in [9.17, 15) is 9.59 Å². The average molecular weight is 407 g/mol. The van der Waals surface area contributed by atoms with Crippen LogP contribution in [0.5, 0.6) is 11.5 Å². The highest BCUT2D eigenvalue weighted by Crippen LogP contribution is 2.43. The van der Waals surface area contributed by atoms with Crippen molar-refractivity contribution in [2.75, 3.05) is 19.9 Å². The van der Waals surface area contributed by atoms with Gasteiger partial charge in [-0.2, -0.15) is 0 Å². The van der Waals surface area contributed by atoms with E-state index in [0.29, 0.717) is 47.5 Å². The summed E-state index contributed by atoms with van der Waals surface area (Å²) in [6.07, 6.45) is 4.18. The third kappa shape index (κ3) is 2.68. The summed E-state index contributed by atoms with van der Waals surface area (Å²) in [4.78, 5) is 28.5. The predicted octanol–water partition coefficient (Wildman–Crippen LogP) is 1.76. The summed E-state index contributed by atoms with van der Waals surface area (Å²) in [5, 5.41) is 3.68. The Morgan fingerprint density at radius 1 is 1.10 bits per heavy atom. The molecule has 7 nitrogen and oxygen atoms in total. The van der Waals surface area contributed by atoms with E-state index in [1.165, 1.54) is 12.8 Å². The molecule has 7 heteroatoms. The molecule has 1 aromatic carbocycles. The molecule has 3 saturated heterocycles. The summed E-state index contributed by atoms with van der Waals surface area (Å²) in [6, 6.07) is 8.61. The van der Waals surface area contributed by atoms with Crippen molar-refractivity contribution in [3.8, 4) is 11.5 Å². The maximum atomic E-state index is 13.4. The zero-order valence-corrected chi connectivity index (χ0v) is 17.0. The van der Waals surface area contributed by atoms with Gasteiger partial charge in [0.2, 0.25) is 6.79 Å². The van der Waals surface area contributed by atoms with Crippen LogP contribution in [-0.4, -0.2) is 47.3 Å². The minimum Gasteiger partial charge on any atom is -0.454 e. The molecule has 2 bridgehead atoms. The summed E-state index contributed by atoms with van der Waals surface area (Å²) in [5.41, 5.74) is 1.75. The summed E-state index contributed by atoms with van der Waals surface area (Å²) >= 11 is 0. The molecule has 30 heavy (non-hydrogen) atoms. The summed E-state index contributed by atoms with van der Waals surface area (Å²) in [7, 11) is 0. The van der Waals surface area contributed by atoms with Gasteiger partial charge in [0.05, 0.1) is 6.54 Å². The van der Waals surface area contributed by atoms with Crippen LogP contribution >= 0.6 is 0 Å². The number of aromatic nitrogens is 1. The molecule has 2 aromatic rings. The summed E-state index contributed by atoms with van der Waals surface area (Å²) in [5.74, 6) is 2.36. The Morgan fingerprint density at radius 3 is 2.60 bits per heavy atom. The smallest absolute Gasteiger partial charge is 0.263 e. The zero-order chi connectivity index (χ0) is 20.4. The zero-order valence-electron chi connectivity index (χ0n) is 17.0. The van der Waals surface area contributed by atoms with E-state index >= 15 is 0 Å². The van der Waals surface area contributed by atoms with Gasteiger partial charge in [0.25, 0.3) is 11.5 Å². The van der Waals surface area contributed by atoms with Gasteiger partial charge in [-0.3, -0.25) is 9.59 Å². The fourth-order valence-corrected chi connectivity index (χ4v) is 5.79. The highest BCUT2D eigenvalue weighted by Gasteiger charge is 2.52. The van der Waals surface area contributed by atoms with E-state index in [4.69, 9.17) is 9.47 Å². The minimum absolute atomic E-state index is 0.119. The van der Waals surface area contributed by atoms with E-state index in [1.807, 2.05) is 36.1 Å². The van der Waals surface area contributed by atoms with Crippen molar-refractivity contribution < 1.29 is 14.3 Å². The van der Waals surface area contributed by atoms with Crippen molar-refractivity contribution in [1.82, 2.24) is 14.8 Å². The molecule has 1 amide bonds. The molecule has 4 aliphatic rings. The number of fused-ring (bicyclic) bond motifs is 6. The fraction of sp³-hybridized carbons (Fsp3) is 0.478. The van der Waals surface area contributed by atoms with E-state index in [0.717, 1.165) is 24.2 Å². The number of likely N-dealkylation sites (tertiary alicyclic amines) is 1. The summed E-state index contributed by atoms with van der Waals surface area (Å²) in [6.45, 7) is 3.97. The first-order valence-corrected chi connectivity index (χ1v) is 10.7. The number of benzene rings is 1. The topological polar surface area (TPSA) is 72.8 Å². The second kappa shape index (κ2) is 6.60. The lowest BCUT2D eigenvalue weighted by Gasteiger charge is -2.20. The van der Waals surface area contributed by atoms with Gasteiger partial charge in [-0.05, 0) is 60.9 Å². The molecular weight excluding hydrogens is 382 g/mol. The molecule has 0 unspecified atom stereocenters. The number of nitrogens with zero attached hydrogens (tertiary/aromatic N) is 2. The first-order chi connectivity index (χ1) is 14.6. The SMILES string of the molecule is Cc1ccn(Cc2ccc3c(c2)OCO3)c(=O)c1C(=O)N1C[C@@H]2[C@H](C1)[C@@H]1CC[C@H]2N1. The maximum Gasteiger partial charge on any atom is 0.263 e. The minimum atomic E-state index is -0.226. The number of pyridine rings is 1.